The molecule has 0 aliphatic rings. The third kappa shape index (κ3) is 8.34. The fraction of sp³-hybridized carbons (Fsp3) is 0.440. The van der Waals surface area contributed by atoms with Gasteiger partial charge in [-0.05, 0) is 49.9 Å². The molecule has 0 saturated heterocycles. The Morgan fingerprint density at radius 1 is 0.556 bits per heavy atom. The van der Waals surface area contributed by atoms with Crippen molar-refractivity contribution in [3.05, 3.63) is 60.7 Å². The molecule has 0 aromatic heterocycles. The van der Waals surface area contributed by atoms with E-state index in [1.54, 1.807) is 0 Å². The number of rotatable bonds is 12. The molecule has 0 heterocycles. The molecule has 2 nitrogen and oxygen atoms in total. The second kappa shape index (κ2) is 13.0. The van der Waals surface area contributed by atoms with E-state index in [4.69, 9.17) is 9.98 Å². The molecule has 0 amide bonds. The highest BCUT2D eigenvalue weighted by molar-refractivity contribution is 6.43. The van der Waals surface area contributed by atoms with E-state index in [0.717, 1.165) is 42.1 Å². The van der Waals surface area contributed by atoms with Crippen LogP contribution in [0, 0.1) is 0 Å². The molecule has 0 aliphatic heterocycles. The van der Waals surface area contributed by atoms with Crippen LogP contribution in [0.3, 0.4) is 0 Å². The summed E-state index contributed by atoms with van der Waals surface area (Å²) in [6, 6.07) is 20.6. The third-order valence-corrected chi connectivity index (χ3v) is 4.66. The fourth-order valence-corrected chi connectivity index (χ4v) is 3.09. The van der Waals surface area contributed by atoms with Crippen LogP contribution in [0.4, 0.5) is 11.4 Å². The molecular weight excluding hydrogens is 328 g/mol. The monoisotopic (exact) mass is 362 g/mol. The summed E-state index contributed by atoms with van der Waals surface area (Å²) < 4.78 is 0. The minimum Gasteiger partial charge on any atom is -0.252 e. The predicted octanol–water partition coefficient (Wildman–Crippen LogP) is 8.08. The van der Waals surface area contributed by atoms with E-state index in [1.165, 1.54) is 38.5 Å². The summed E-state index contributed by atoms with van der Waals surface area (Å²) in [6.45, 7) is 4.50. The van der Waals surface area contributed by atoms with Gasteiger partial charge in [-0.15, -0.1) is 0 Å². The van der Waals surface area contributed by atoms with Crippen molar-refractivity contribution in [1.29, 1.82) is 0 Å². The maximum atomic E-state index is 5.01. The number of para-hydroxylation sites is 2. The lowest BCUT2D eigenvalue weighted by atomic mass is 10.0. The van der Waals surface area contributed by atoms with Crippen LogP contribution < -0.4 is 0 Å². The van der Waals surface area contributed by atoms with Gasteiger partial charge in [0, 0.05) is 0 Å². The maximum Gasteiger partial charge on any atom is 0.0633 e. The van der Waals surface area contributed by atoms with Gasteiger partial charge in [-0.25, -0.2) is 0 Å². The normalized spacial score (nSPS) is 12.4. The van der Waals surface area contributed by atoms with E-state index in [-0.39, 0.29) is 0 Å². The van der Waals surface area contributed by atoms with Crippen molar-refractivity contribution < 1.29 is 0 Å². The predicted molar refractivity (Wildman–Crippen MR) is 120 cm³/mol. The highest BCUT2D eigenvalue weighted by Crippen LogP contribution is 2.19. The van der Waals surface area contributed by atoms with Gasteiger partial charge in [0.15, 0.2) is 0 Å². The van der Waals surface area contributed by atoms with Crippen LogP contribution in [0.1, 0.15) is 71.6 Å². The summed E-state index contributed by atoms with van der Waals surface area (Å²) in [5.74, 6) is 0. The average molecular weight is 363 g/mol. The van der Waals surface area contributed by atoms with Crippen LogP contribution in [0.25, 0.3) is 0 Å². The Bertz CT molecular complexity index is 687. The number of nitrogens with zero attached hydrogens (tertiary/aromatic N) is 2. The van der Waals surface area contributed by atoms with E-state index < -0.39 is 0 Å². The Hall–Kier alpha value is -2.22. The summed E-state index contributed by atoms with van der Waals surface area (Å²) in [5.41, 5.74) is 4.37. The lowest BCUT2D eigenvalue weighted by molar-refractivity contribution is 0.644. The molecule has 2 rings (SSSR count). The van der Waals surface area contributed by atoms with Crippen LogP contribution in [-0.4, -0.2) is 11.4 Å². The van der Waals surface area contributed by atoms with Gasteiger partial charge in [0.05, 0.1) is 22.8 Å². The molecule has 0 bridgehead atoms. The van der Waals surface area contributed by atoms with Crippen molar-refractivity contribution in [2.45, 2.75) is 71.6 Å². The average Bonchev–Trinajstić information content (AvgIpc) is 2.71. The van der Waals surface area contributed by atoms with Crippen molar-refractivity contribution in [3.8, 4) is 0 Å². The molecule has 2 aromatic rings. The number of hydrogen-bond acceptors (Lipinski definition) is 2. The van der Waals surface area contributed by atoms with Gasteiger partial charge in [0.1, 0.15) is 0 Å². The fourth-order valence-electron chi connectivity index (χ4n) is 3.09. The summed E-state index contributed by atoms with van der Waals surface area (Å²) >= 11 is 0. The van der Waals surface area contributed by atoms with Gasteiger partial charge in [0.25, 0.3) is 0 Å². The smallest absolute Gasteiger partial charge is 0.0633 e. The van der Waals surface area contributed by atoms with Crippen molar-refractivity contribution in [3.63, 3.8) is 0 Å². The van der Waals surface area contributed by atoms with Crippen LogP contribution in [0.5, 0.6) is 0 Å². The van der Waals surface area contributed by atoms with Crippen LogP contribution in [0.15, 0.2) is 70.6 Å². The van der Waals surface area contributed by atoms with Crippen LogP contribution in [-0.2, 0) is 0 Å². The van der Waals surface area contributed by atoms with Crippen LogP contribution >= 0.6 is 0 Å². The molecule has 144 valence electrons. The van der Waals surface area contributed by atoms with E-state index in [9.17, 15) is 0 Å². The largest absolute Gasteiger partial charge is 0.252 e. The quantitative estimate of drug-likeness (QED) is 0.269. The van der Waals surface area contributed by atoms with Gasteiger partial charge < -0.3 is 0 Å². The Morgan fingerprint density at radius 3 is 1.48 bits per heavy atom. The number of benzene rings is 2. The second-order valence-electron chi connectivity index (χ2n) is 7.06. The van der Waals surface area contributed by atoms with Gasteiger partial charge in [-0.3, -0.25) is 9.98 Å². The molecule has 0 unspecified atom stereocenters. The Balaban J connectivity index is 2.25. The minimum atomic E-state index is 0.992. The highest BCUT2D eigenvalue weighted by atomic mass is 14.8. The molecule has 0 saturated carbocycles. The first kappa shape index (κ1) is 21.1. The number of aliphatic imine (C=N–C) groups is 2. The minimum absolute atomic E-state index is 0.992. The molecule has 2 heteroatoms. The molecule has 0 fully saturated rings. The van der Waals surface area contributed by atoms with Gasteiger partial charge in [0.2, 0.25) is 0 Å². The molecule has 0 N–H and O–H groups in total. The summed E-state index contributed by atoms with van der Waals surface area (Å²) in [5, 5.41) is 0. The first-order valence-electron chi connectivity index (χ1n) is 10.6. The molecule has 27 heavy (non-hydrogen) atoms. The van der Waals surface area contributed by atoms with Crippen molar-refractivity contribution in [2.75, 3.05) is 0 Å². The summed E-state index contributed by atoms with van der Waals surface area (Å²) in [4.78, 5) is 10.0. The molecule has 2 aromatic carbocycles. The highest BCUT2D eigenvalue weighted by Gasteiger charge is 2.10. The molecule has 0 spiro atoms. The Kier molecular flexibility index (Phi) is 10.2. The van der Waals surface area contributed by atoms with Crippen molar-refractivity contribution in [1.82, 2.24) is 0 Å². The first-order chi connectivity index (χ1) is 13.3. The topological polar surface area (TPSA) is 24.7 Å². The van der Waals surface area contributed by atoms with E-state index in [1.807, 2.05) is 12.1 Å². The second-order valence-corrected chi connectivity index (χ2v) is 7.06. The summed E-state index contributed by atoms with van der Waals surface area (Å²) in [6.07, 6.45) is 10.7. The zero-order chi connectivity index (χ0) is 19.2. The lowest BCUT2D eigenvalue weighted by Gasteiger charge is -2.11. The Morgan fingerprint density at radius 2 is 1.00 bits per heavy atom. The zero-order valence-corrected chi connectivity index (χ0v) is 17.0. The number of hydrogen-bond donors (Lipinski definition) is 0. The SMILES string of the molecule is CCCCCCCC(=Nc1ccccc1)C(CCCC)=Nc1ccccc1. The van der Waals surface area contributed by atoms with E-state index >= 15 is 0 Å². The van der Waals surface area contributed by atoms with Crippen molar-refractivity contribution >= 4 is 22.8 Å². The molecule has 0 radical (unpaired) electrons. The number of unbranched alkanes of at least 4 members (excludes halogenated alkanes) is 5. The van der Waals surface area contributed by atoms with E-state index in [0.29, 0.717) is 0 Å². The first-order valence-corrected chi connectivity index (χ1v) is 10.6. The molecular formula is C25H34N2. The zero-order valence-electron chi connectivity index (χ0n) is 17.0. The molecule has 0 aliphatic carbocycles. The van der Waals surface area contributed by atoms with Gasteiger partial charge in [-0.2, -0.15) is 0 Å². The maximum absolute atomic E-state index is 5.01. The van der Waals surface area contributed by atoms with Gasteiger partial charge >= 0.3 is 0 Å². The van der Waals surface area contributed by atoms with Crippen molar-refractivity contribution in [2.24, 2.45) is 9.98 Å². The van der Waals surface area contributed by atoms with Crippen LogP contribution in [0.2, 0.25) is 0 Å². The lowest BCUT2D eigenvalue weighted by Crippen LogP contribution is -2.14. The standard InChI is InChI=1S/C25H34N2/c1-3-5-7-8-15-21-25(27-23-18-13-10-14-19-23)24(20-6-4-2)26-22-16-11-9-12-17-22/h9-14,16-19H,3-8,15,20-21H2,1-2H3. The van der Waals surface area contributed by atoms with Gasteiger partial charge in [-0.1, -0.05) is 82.3 Å². The third-order valence-electron chi connectivity index (χ3n) is 4.66. The summed E-state index contributed by atoms with van der Waals surface area (Å²) in [7, 11) is 0. The molecule has 0 atom stereocenters. The van der Waals surface area contributed by atoms with E-state index in [2.05, 4.69) is 62.4 Å². The Labute approximate surface area is 165 Å².